The van der Waals surface area contributed by atoms with Gasteiger partial charge in [0.05, 0.1) is 0 Å². The average Bonchev–Trinajstić information content (AvgIpc) is 3.44. The maximum atomic E-state index is 12.6. The number of carbonyl (C=O) groups is 4. The van der Waals surface area contributed by atoms with E-state index in [1.165, 1.54) is 12.8 Å². The number of imide groups is 2. The quantitative estimate of drug-likeness (QED) is 0.607. The van der Waals surface area contributed by atoms with Crippen molar-refractivity contribution in [2.75, 3.05) is 29.9 Å². The molecule has 1 aliphatic carbocycles. The van der Waals surface area contributed by atoms with E-state index in [9.17, 15) is 19.2 Å². The van der Waals surface area contributed by atoms with Crippen molar-refractivity contribution in [1.82, 2.24) is 9.80 Å². The first-order valence-electron chi connectivity index (χ1n) is 10.3. The number of nitrogens with one attached hydrogen (secondary N) is 1. The van der Waals surface area contributed by atoms with E-state index < -0.39 is 30.3 Å². The van der Waals surface area contributed by atoms with Crippen LogP contribution in [0, 0.1) is 6.92 Å². The predicted octanol–water partition coefficient (Wildman–Crippen LogP) is 2.27. The minimum Gasteiger partial charge on any atom is -0.372 e. The Bertz CT molecular complexity index is 856. The normalized spacial score (nSPS) is 20.3. The van der Waals surface area contributed by atoms with Crippen molar-refractivity contribution >= 4 is 35.1 Å². The highest BCUT2D eigenvalue weighted by Gasteiger charge is 2.48. The summed E-state index contributed by atoms with van der Waals surface area (Å²) in [5.41, 5.74) is 2.67. The Balaban J connectivity index is 1.41. The maximum absolute atomic E-state index is 12.6. The first-order chi connectivity index (χ1) is 14.0. The minimum atomic E-state index is -0.918. The van der Waals surface area contributed by atoms with Gasteiger partial charge in [-0.15, -0.1) is 0 Å². The summed E-state index contributed by atoms with van der Waals surface area (Å²) in [6.45, 7) is 3.53. The van der Waals surface area contributed by atoms with Crippen LogP contribution < -0.4 is 10.2 Å². The van der Waals surface area contributed by atoms with Crippen LogP contribution in [0.4, 0.5) is 16.2 Å². The van der Waals surface area contributed by atoms with Crippen molar-refractivity contribution in [1.29, 1.82) is 0 Å². The van der Waals surface area contributed by atoms with Crippen LogP contribution in [-0.4, -0.2) is 59.2 Å². The lowest BCUT2D eigenvalue weighted by molar-refractivity contribution is -0.144. The Morgan fingerprint density at radius 2 is 1.72 bits per heavy atom. The van der Waals surface area contributed by atoms with Crippen molar-refractivity contribution in [3.8, 4) is 0 Å². The molecule has 3 fully saturated rings. The lowest BCUT2D eigenvalue weighted by Crippen LogP contribution is -2.41. The van der Waals surface area contributed by atoms with E-state index >= 15 is 0 Å². The molecule has 1 N–H and O–H groups in total. The first-order valence-corrected chi connectivity index (χ1v) is 10.3. The number of anilines is 2. The number of hydrogen-bond donors (Lipinski definition) is 1. The molecule has 1 saturated carbocycles. The number of nitrogens with zero attached hydrogens (tertiary/aromatic N) is 3. The van der Waals surface area contributed by atoms with Gasteiger partial charge in [-0.25, -0.2) is 9.69 Å². The summed E-state index contributed by atoms with van der Waals surface area (Å²) >= 11 is 0. The van der Waals surface area contributed by atoms with Crippen molar-refractivity contribution in [2.24, 2.45) is 0 Å². The highest BCUT2D eigenvalue weighted by Crippen LogP contribution is 2.28. The zero-order valence-electron chi connectivity index (χ0n) is 16.6. The van der Waals surface area contributed by atoms with E-state index in [2.05, 4.69) is 10.2 Å². The highest BCUT2D eigenvalue weighted by molar-refractivity contribution is 6.45. The molecule has 0 atom stereocenters. The Kier molecular flexibility index (Phi) is 5.25. The zero-order valence-corrected chi connectivity index (χ0v) is 16.6. The molecule has 0 spiro atoms. The van der Waals surface area contributed by atoms with E-state index in [0.29, 0.717) is 18.5 Å². The third kappa shape index (κ3) is 3.71. The fourth-order valence-corrected chi connectivity index (χ4v) is 4.44. The van der Waals surface area contributed by atoms with Crippen LogP contribution in [0.3, 0.4) is 0 Å². The number of benzene rings is 1. The largest absolute Gasteiger partial charge is 0.372 e. The molecule has 0 aromatic heterocycles. The van der Waals surface area contributed by atoms with Gasteiger partial charge in [0.1, 0.15) is 6.54 Å². The fraction of sp³-hybridized carbons (Fsp3) is 0.524. The molecule has 1 aromatic carbocycles. The van der Waals surface area contributed by atoms with Crippen molar-refractivity contribution in [3.63, 3.8) is 0 Å². The van der Waals surface area contributed by atoms with Crippen LogP contribution in [0.5, 0.6) is 0 Å². The molecule has 154 valence electrons. The van der Waals surface area contributed by atoms with Crippen molar-refractivity contribution < 1.29 is 19.2 Å². The fourth-order valence-electron chi connectivity index (χ4n) is 4.44. The van der Waals surface area contributed by atoms with Gasteiger partial charge in [0.2, 0.25) is 5.91 Å². The molecule has 8 nitrogen and oxygen atoms in total. The van der Waals surface area contributed by atoms with Gasteiger partial charge in [0.15, 0.2) is 0 Å². The molecular weight excluding hydrogens is 372 g/mol. The Morgan fingerprint density at radius 3 is 2.38 bits per heavy atom. The van der Waals surface area contributed by atoms with Crippen LogP contribution in [0.1, 0.15) is 44.1 Å². The van der Waals surface area contributed by atoms with Crippen LogP contribution in [-0.2, 0) is 14.4 Å². The van der Waals surface area contributed by atoms with Crippen molar-refractivity contribution in [3.05, 3.63) is 23.8 Å². The Morgan fingerprint density at radius 1 is 1.03 bits per heavy atom. The van der Waals surface area contributed by atoms with Crippen LogP contribution in [0.15, 0.2) is 18.2 Å². The molecular formula is C21H26N4O4. The first kappa shape index (κ1) is 19.4. The van der Waals surface area contributed by atoms with E-state index in [4.69, 9.17) is 0 Å². The summed E-state index contributed by atoms with van der Waals surface area (Å²) in [4.78, 5) is 53.7. The predicted molar refractivity (Wildman–Crippen MR) is 107 cm³/mol. The molecule has 0 unspecified atom stereocenters. The minimum absolute atomic E-state index is 0.229. The zero-order chi connectivity index (χ0) is 20.5. The summed E-state index contributed by atoms with van der Waals surface area (Å²) in [7, 11) is 0. The second kappa shape index (κ2) is 7.85. The standard InChI is InChI=1S/C21H26N4O4/c1-14-12-16(23-10-4-5-11-23)8-9-17(14)22-18(26)13-24-19(27)20(28)25(21(24)29)15-6-2-3-7-15/h8-9,12,15H,2-7,10-11,13H2,1H3,(H,22,26). The van der Waals surface area contributed by atoms with Gasteiger partial charge in [-0.1, -0.05) is 12.8 Å². The molecule has 5 amide bonds. The third-order valence-electron chi connectivity index (χ3n) is 6.03. The second-order valence-corrected chi connectivity index (χ2v) is 8.03. The molecule has 2 saturated heterocycles. The summed E-state index contributed by atoms with van der Waals surface area (Å²) in [5, 5.41) is 2.76. The third-order valence-corrected chi connectivity index (χ3v) is 6.03. The number of rotatable bonds is 5. The summed E-state index contributed by atoms with van der Waals surface area (Å²) < 4.78 is 0. The van der Waals surface area contributed by atoms with Gasteiger partial charge in [0.25, 0.3) is 0 Å². The molecule has 2 heterocycles. The number of carbonyl (C=O) groups excluding carboxylic acids is 4. The number of aryl methyl sites for hydroxylation is 1. The summed E-state index contributed by atoms with van der Waals surface area (Å²) in [5.74, 6) is -2.23. The molecule has 29 heavy (non-hydrogen) atoms. The molecule has 0 bridgehead atoms. The Hall–Kier alpha value is -2.90. The van der Waals surface area contributed by atoms with Crippen LogP contribution in [0.25, 0.3) is 0 Å². The average molecular weight is 398 g/mol. The summed E-state index contributed by atoms with van der Waals surface area (Å²) in [6, 6.07) is 4.92. The SMILES string of the molecule is Cc1cc(N2CCCC2)ccc1NC(=O)CN1C(=O)C(=O)N(C2CCCC2)C1=O. The van der Waals surface area contributed by atoms with Gasteiger partial charge in [-0.2, -0.15) is 0 Å². The van der Waals surface area contributed by atoms with E-state index in [0.717, 1.165) is 47.0 Å². The molecule has 4 rings (SSSR count). The monoisotopic (exact) mass is 398 g/mol. The second-order valence-electron chi connectivity index (χ2n) is 8.03. The number of amides is 5. The van der Waals surface area contributed by atoms with Gasteiger partial charge in [0, 0.05) is 30.5 Å². The highest BCUT2D eigenvalue weighted by atomic mass is 16.2. The van der Waals surface area contributed by atoms with Crippen LogP contribution in [0.2, 0.25) is 0 Å². The molecule has 8 heteroatoms. The van der Waals surface area contributed by atoms with E-state index in [1.54, 1.807) is 0 Å². The lowest BCUT2D eigenvalue weighted by atomic mass is 10.1. The van der Waals surface area contributed by atoms with E-state index in [-0.39, 0.29) is 6.04 Å². The molecule has 3 aliphatic rings. The van der Waals surface area contributed by atoms with Gasteiger partial charge in [-0.3, -0.25) is 19.3 Å². The van der Waals surface area contributed by atoms with Crippen molar-refractivity contribution in [2.45, 2.75) is 51.5 Å². The smallest absolute Gasteiger partial charge is 0.334 e. The maximum Gasteiger partial charge on any atom is 0.334 e. The van der Waals surface area contributed by atoms with E-state index in [1.807, 2.05) is 25.1 Å². The molecule has 1 aromatic rings. The molecule has 2 aliphatic heterocycles. The topological polar surface area (TPSA) is 90.0 Å². The molecule has 0 radical (unpaired) electrons. The number of urea groups is 1. The Labute approximate surface area is 169 Å². The summed E-state index contributed by atoms with van der Waals surface area (Å²) in [6.07, 6.45) is 5.67. The van der Waals surface area contributed by atoms with Gasteiger partial charge >= 0.3 is 17.8 Å². The van der Waals surface area contributed by atoms with Gasteiger partial charge < -0.3 is 10.2 Å². The van der Waals surface area contributed by atoms with Gasteiger partial charge in [-0.05, 0) is 56.4 Å². The lowest BCUT2D eigenvalue weighted by Gasteiger charge is -2.21. The van der Waals surface area contributed by atoms with Crippen LogP contribution >= 0.6 is 0 Å². The number of hydrogen-bond acceptors (Lipinski definition) is 5.